The van der Waals surface area contributed by atoms with E-state index in [9.17, 15) is 0 Å². The van der Waals surface area contributed by atoms with Gasteiger partial charge in [-0.3, -0.25) is 0 Å². The van der Waals surface area contributed by atoms with E-state index < -0.39 is 0 Å². The van der Waals surface area contributed by atoms with Gasteiger partial charge >= 0.3 is 0 Å². The van der Waals surface area contributed by atoms with Gasteiger partial charge in [0.05, 0.1) is 0 Å². The third kappa shape index (κ3) is 1.63. The van der Waals surface area contributed by atoms with Crippen LogP contribution in [0.4, 0.5) is 0 Å². The van der Waals surface area contributed by atoms with Gasteiger partial charge in [-0.2, -0.15) is 0 Å². The monoisotopic (exact) mass is 227 g/mol. The quantitative estimate of drug-likeness (QED) is 0.836. The summed E-state index contributed by atoms with van der Waals surface area (Å²) in [6, 6.07) is 9.79. The standard InChI is InChI=1S/C16H21N/c1-2-4-15-12(3-1)9-14(15)10-17-16-8-11-5-6-13(16)7-11/h1-4,11,13-14,16-17H,5-10H2. The van der Waals surface area contributed by atoms with Crippen molar-refractivity contribution < 1.29 is 0 Å². The lowest BCUT2D eigenvalue weighted by molar-refractivity contribution is 0.339. The zero-order chi connectivity index (χ0) is 11.2. The van der Waals surface area contributed by atoms with E-state index in [0.29, 0.717) is 0 Å². The number of fused-ring (bicyclic) bond motifs is 3. The van der Waals surface area contributed by atoms with Gasteiger partial charge < -0.3 is 5.32 Å². The van der Waals surface area contributed by atoms with Gasteiger partial charge in [0, 0.05) is 18.5 Å². The molecule has 4 unspecified atom stereocenters. The Kier molecular flexibility index (Phi) is 2.29. The third-order valence-electron chi connectivity index (χ3n) is 5.33. The number of hydrogen-bond donors (Lipinski definition) is 1. The molecule has 0 heterocycles. The molecule has 1 aromatic carbocycles. The molecule has 1 N–H and O–H groups in total. The first-order chi connectivity index (χ1) is 8.40. The molecule has 17 heavy (non-hydrogen) atoms. The van der Waals surface area contributed by atoms with Crippen LogP contribution in [0.25, 0.3) is 0 Å². The average molecular weight is 227 g/mol. The minimum Gasteiger partial charge on any atom is -0.313 e. The van der Waals surface area contributed by atoms with E-state index in [1.165, 1.54) is 38.6 Å². The molecule has 0 aromatic heterocycles. The number of nitrogens with one attached hydrogen (secondary N) is 1. The van der Waals surface area contributed by atoms with E-state index in [1.807, 2.05) is 0 Å². The zero-order valence-corrected chi connectivity index (χ0v) is 10.4. The Morgan fingerprint density at radius 2 is 2.06 bits per heavy atom. The van der Waals surface area contributed by atoms with Crippen molar-refractivity contribution in [3.63, 3.8) is 0 Å². The van der Waals surface area contributed by atoms with Crippen LogP contribution in [-0.4, -0.2) is 12.6 Å². The number of benzene rings is 1. The van der Waals surface area contributed by atoms with Gasteiger partial charge in [-0.1, -0.05) is 30.7 Å². The molecule has 0 amide bonds. The highest BCUT2D eigenvalue weighted by Gasteiger charge is 2.39. The van der Waals surface area contributed by atoms with Crippen LogP contribution in [0.3, 0.4) is 0 Å². The van der Waals surface area contributed by atoms with Gasteiger partial charge in [0.1, 0.15) is 0 Å². The summed E-state index contributed by atoms with van der Waals surface area (Å²) in [7, 11) is 0. The minimum absolute atomic E-state index is 0.797. The van der Waals surface area contributed by atoms with Gasteiger partial charge in [-0.15, -0.1) is 0 Å². The Hall–Kier alpha value is -0.820. The van der Waals surface area contributed by atoms with Crippen molar-refractivity contribution in [3.05, 3.63) is 35.4 Å². The summed E-state index contributed by atoms with van der Waals surface area (Å²) in [4.78, 5) is 0. The molecule has 4 rings (SSSR count). The maximum absolute atomic E-state index is 3.86. The van der Waals surface area contributed by atoms with Gasteiger partial charge in [0.25, 0.3) is 0 Å². The van der Waals surface area contributed by atoms with Crippen molar-refractivity contribution in [2.45, 2.75) is 44.1 Å². The van der Waals surface area contributed by atoms with Crippen LogP contribution in [0.1, 0.15) is 42.7 Å². The maximum atomic E-state index is 3.86. The molecule has 0 aliphatic heterocycles. The van der Waals surface area contributed by atoms with Crippen molar-refractivity contribution in [3.8, 4) is 0 Å². The largest absolute Gasteiger partial charge is 0.313 e. The minimum atomic E-state index is 0.797. The lowest BCUT2D eigenvalue weighted by Crippen LogP contribution is -2.39. The summed E-state index contributed by atoms with van der Waals surface area (Å²) in [5.74, 6) is 2.87. The normalized spacial score (nSPS) is 37.9. The summed E-state index contributed by atoms with van der Waals surface area (Å²) in [6.45, 7) is 1.21. The van der Waals surface area contributed by atoms with Crippen LogP contribution in [0, 0.1) is 11.8 Å². The first-order valence-electron chi connectivity index (χ1n) is 7.21. The highest BCUT2D eigenvalue weighted by atomic mass is 14.9. The number of rotatable bonds is 3. The van der Waals surface area contributed by atoms with Crippen molar-refractivity contribution in [2.24, 2.45) is 11.8 Å². The smallest absolute Gasteiger partial charge is 0.00983 e. The third-order valence-corrected chi connectivity index (χ3v) is 5.33. The fraction of sp³-hybridized carbons (Fsp3) is 0.625. The zero-order valence-electron chi connectivity index (χ0n) is 10.4. The molecule has 1 nitrogen and oxygen atoms in total. The molecule has 2 bridgehead atoms. The molecule has 0 spiro atoms. The molecular weight excluding hydrogens is 206 g/mol. The molecule has 3 aliphatic rings. The van der Waals surface area contributed by atoms with Crippen LogP contribution in [0.5, 0.6) is 0 Å². The highest BCUT2D eigenvalue weighted by molar-refractivity contribution is 5.40. The fourth-order valence-electron chi connectivity index (χ4n) is 4.33. The fourth-order valence-corrected chi connectivity index (χ4v) is 4.33. The van der Waals surface area contributed by atoms with Gasteiger partial charge in [-0.25, -0.2) is 0 Å². The van der Waals surface area contributed by atoms with E-state index >= 15 is 0 Å². The Morgan fingerprint density at radius 1 is 1.12 bits per heavy atom. The molecule has 0 radical (unpaired) electrons. The number of hydrogen-bond acceptors (Lipinski definition) is 1. The lowest BCUT2D eigenvalue weighted by atomic mass is 9.77. The molecule has 0 saturated heterocycles. The first-order valence-corrected chi connectivity index (χ1v) is 7.21. The molecule has 2 saturated carbocycles. The summed E-state index contributed by atoms with van der Waals surface area (Å²) in [5.41, 5.74) is 3.18. The second kappa shape index (κ2) is 3.84. The van der Waals surface area contributed by atoms with Crippen LogP contribution in [0.15, 0.2) is 24.3 Å². The van der Waals surface area contributed by atoms with Gasteiger partial charge in [0.15, 0.2) is 0 Å². The van der Waals surface area contributed by atoms with E-state index in [-0.39, 0.29) is 0 Å². The lowest BCUT2D eigenvalue weighted by Gasteiger charge is -2.33. The summed E-state index contributed by atoms with van der Waals surface area (Å²) < 4.78 is 0. The molecule has 3 aliphatic carbocycles. The molecule has 2 fully saturated rings. The maximum Gasteiger partial charge on any atom is 0.00983 e. The Labute approximate surface area is 104 Å². The first kappa shape index (κ1) is 10.1. The topological polar surface area (TPSA) is 12.0 Å². The molecule has 1 aromatic rings. The van der Waals surface area contributed by atoms with Crippen LogP contribution in [-0.2, 0) is 6.42 Å². The van der Waals surface area contributed by atoms with E-state index in [4.69, 9.17) is 0 Å². The van der Waals surface area contributed by atoms with E-state index in [2.05, 4.69) is 29.6 Å². The Balaban J connectivity index is 1.35. The Morgan fingerprint density at radius 3 is 2.82 bits per heavy atom. The van der Waals surface area contributed by atoms with Crippen molar-refractivity contribution in [2.75, 3.05) is 6.54 Å². The molecule has 1 heteroatoms. The molecule has 90 valence electrons. The van der Waals surface area contributed by atoms with Crippen molar-refractivity contribution >= 4 is 0 Å². The van der Waals surface area contributed by atoms with Crippen molar-refractivity contribution in [1.82, 2.24) is 5.32 Å². The average Bonchev–Trinajstić information content (AvgIpc) is 2.92. The summed E-state index contributed by atoms with van der Waals surface area (Å²) in [6.07, 6.45) is 7.26. The second-order valence-corrected chi connectivity index (χ2v) is 6.29. The predicted molar refractivity (Wildman–Crippen MR) is 70.1 cm³/mol. The predicted octanol–water partition coefficient (Wildman–Crippen LogP) is 3.10. The second-order valence-electron chi connectivity index (χ2n) is 6.29. The van der Waals surface area contributed by atoms with E-state index in [1.54, 1.807) is 11.1 Å². The van der Waals surface area contributed by atoms with Crippen LogP contribution >= 0.6 is 0 Å². The van der Waals surface area contributed by atoms with Gasteiger partial charge in [-0.05, 0) is 48.6 Å². The summed E-state index contributed by atoms with van der Waals surface area (Å²) >= 11 is 0. The molecule has 4 atom stereocenters. The summed E-state index contributed by atoms with van der Waals surface area (Å²) in [5, 5.41) is 3.86. The Bertz CT molecular complexity index is 425. The van der Waals surface area contributed by atoms with Gasteiger partial charge in [0.2, 0.25) is 0 Å². The molecular formula is C16H21N. The van der Waals surface area contributed by atoms with Crippen molar-refractivity contribution in [1.29, 1.82) is 0 Å². The SMILES string of the molecule is c1ccc2c(c1)CC2CNC1CC2CCC1C2. The highest BCUT2D eigenvalue weighted by Crippen LogP contribution is 2.44. The van der Waals surface area contributed by atoms with Crippen LogP contribution < -0.4 is 5.32 Å². The van der Waals surface area contributed by atoms with E-state index in [0.717, 1.165) is 23.8 Å². The van der Waals surface area contributed by atoms with Crippen LogP contribution in [0.2, 0.25) is 0 Å².